The number of hydrogen-bond acceptors (Lipinski definition) is 2. The van der Waals surface area contributed by atoms with E-state index in [0.717, 1.165) is 5.56 Å². The predicted octanol–water partition coefficient (Wildman–Crippen LogP) is 1.56. The van der Waals surface area contributed by atoms with Crippen LogP contribution < -0.4 is 0 Å². The summed E-state index contributed by atoms with van der Waals surface area (Å²) in [5, 5.41) is 15.3. The Bertz CT molecular complexity index is 266. The van der Waals surface area contributed by atoms with E-state index in [4.69, 9.17) is 10.7 Å². The van der Waals surface area contributed by atoms with Crippen molar-refractivity contribution < 1.29 is 0 Å². The van der Waals surface area contributed by atoms with Crippen LogP contribution in [0.2, 0.25) is 0 Å². The molecule has 0 saturated heterocycles. The van der Waals surface area contributed by atoms with Crippen LogP contribution in [0.25, 0.3) is 0 Å². The third kappa shape index (κ3) is 1.20. The molecule has 2 heteroatoms. The molecule has 0 atom stereocenters. The number of nitriles is 1. The second kappa shape index (κ2) is 2.79. The fourth-order valence-corrected chi connectivity index (χ4v) is 0.654. The summed E-state index contributed by atoms with van der Waals surface area (Å²) in [6, 6.07) is 8.88. The van der Waals surface area contributed by atoms with Gasteiger partial charge in [0.15, 0.2) is 0 Å². The van der Waals surface area contributed by atoms with Crippen LogP contribution in [0, 0.1) is 16.7 Å². The van der Waals surface area contributed by atoms with Crippen LogP contribution in [0.15, 0.2) is 24.3 Å². The molecule has 1 aromatic carbocycles. The minimum absolute atomic E-state index is 0.630. The number of nitrogens with one attached hydrogen (secondary N) is 1. The maximum atomic E-state index is 8.39. The van der Waals surface area contributed by atoms with E-state index in [1.165, 1.54) is 6.21 Å². The molecule has 0 amide bonds. The van der Waals surface area contributed by atoms with Crippen molar-refractivity contribution >= 4 is 6.21 Å². The van der Waals surface area contributed by atoms with E-state index >= 15 is 0 Å². The van der Waals surface area contributed by atoms with Crippen molar-refractivity contribution in [2.24, 2.45) is 0 Å². The first-order valence-electron chi connectivity index (χ1n) is 2.87. The third-order valence-electron chi connectivity index (χ3n) is 1.21. The van der Waals surface area contributed by atoms with Crippen LogP contribution in [0.1, 0.15) is 11.1 Å². The summed E-state index contributed by atoms with van der Waals surface area (Å²) in [4.78, 5) is 0. The van der Waals surface area contributed by atoms with Crippen LogP contribution in [0.4, 0.5) is 0 Å². The molecular weight excluding hydrogens is 124 g/mol. The molecule has 0 heterocycles. The molecule has 0 bridgehead atoms. The fourth-order valence-electron chi connectivity index (χ4n) is 0.654. The van der Waals surface area contributed by atoms with Gasteiger partial charge in [-0.05, 0) is 17.7 Å². The number of benzene rings is 1. The van der Waals surface area contributed by atoms with Crippen LogP contribution in [0.5, 0.6) is 0 Å². The SMILES string of the molecule is N#Cc1ccc(C=N)cc1. The van der Waals surface area contributed by atoms with E-state index in [1.807, 2.05) is 6.07 Å². The van der Waals surface area contributed by atoms with E-state index in [-0.39, 0.29) is 0 Å². The van der Waals surface area contributed by atoms with Crippen LogP contribution in [-0.2, 0) is 0 Å². The standard InChI is InChI=1S/C8H6N2/c9-5-7-1-2-8(6-10)4-3-7/h1-5,9H. The van der Waals surface area contributed by atoms with Crippen molar-refractivity contribution in [1.29, 1.82) is 10.7 Å². The molecule has 0 aliphatic heterocycles. The molecular formula is C8H6N2. The Balaban J connectivity index is 3.04. The van der Waals surface area contributed by atoms with E-state index in [9.17, 15) is 0 Å². The average Bonchev–Trinajstić information content (AvgIpc) is 2.05. The Hall–Kier alpha value is -1.62. The van der Waals surface area contributed by atoms with Gasteiger partial charge in [-0.2, -0.15) is 5.26 Å². The summed E-state index contributed by atoms with van der Waals surface area (Å²) in [7, 11) is 0. The maximum Gasteiger partial charge on any atom is 0.0991 e. The zero-order valence-corrected chi connectivity index (χ0v) is 5.33. The molecule has 0 aliphatic carbocycles. The number of nitrogens with zero attached hydrogens (tertiary/aromatic N) is 1. The Morgan fingerprint density at radius 1 is 1.30 bits per heavy atom. The highest BCUT2D eigenvalue weighted by molar-refractivity contribution is 5.76. The van der Waals surface area contributed by atoms with Gasteiger partial charge < -0.3 is 5.41 Å². The molecule has 2 nitrogen and oxygen atoms in total. The number of hydrogen-bond donors (Lipinski definition) is 1. The van der Waals surface area contributed by atoms with Crippen LogP contribution >= 0.6 is 0 Å². The Kier molecular flexibility index (Phi) is 1.81. The van der Waals surface area contributed by atoms with E-state index in [2.05, 4.69) is 0 Å². The van der Waals surface area contributed by atoms with Gasteiger partial charge >= 0.3 is 0 Å². The molecule has 0 aliphatic rings. The summed E-state index contributed by atoms with van der Waals surface area (Å²) in [5.41, 5.74) is 1.45. The Morgan fingerprint density at radius 3 is 2.30 bits per heavy atom. The van der Waals surface area contributed by atoms with Crippen molar-refractivity contribution in [2.75, 3.05) is 0 Å². The first-order valence-corrected chi connectivity index (χ1v) is 2.87. The van der Waals surface area contributed by atoms with Gasteiger partial charge in [-0.25, -0.2) is 0 Å². The summed E-state index contributed by atoms with van der Waals surface area (Å²) >= 11 is 0. The fraction of sp³-hybridized carbons (Fsp3) is 0. The highest BCUT2D eigenvalue weighted by atomic mass is 14.3. The molecule has 0 aromatic heterocycles. The van der Waals surface area contributed by atoms with Gasteiger partial charge in [-0.3, -0.25) is 0 Å². The summed E-state index contributed by atoms with van der Waals surface area (Å²) in [5.74, 6) is 0. The molecule has 1 N–H and O–H groups in total. The summed E-state index contributed by atoms with van der Waals surface area (Å²) in [6.45, 7) is 0. The van der Waals surface area contributed by atoms with Crippen molar-refractivity contribution in [2.45, 2.75) is 0 Å². The van der Waals surface area contributed by atoms with Gasteiger partial charge in [0.2, 0.25) is 0 Å². The topological polar surface area (TPSA) is 47.6 Å². The third-order valence-corrected chi connectivity index (χ3v) is 1.21. The van der Waals surface area contributed by atoms with Crippen molar-refractivity contribution in [3.8, 4) is 6.07 Å². The first-order chi connectivity index (χ1) is 4.86. The molecule has 48 valence electrons. The highest BCUT2D eigenvalue weighted by Gasteiger charge is 1.87. The van der Waals surface area contributed by atoms with Gasteiger partial charge in [0.1, 0.15) is 0 Å². The lowest BCUT2D eigenvalue weighted by Gasteiger charge is -1.88. The van der Waals surface area contributed by atoms with Crippen LogP contribution in [0.3, 0.4) is 0 Å². The minimum atomic E-state index is 0.630. The zero-order chi connectivity index (χ0) is 7.40. The second-order valence-corrected chi connectivity index (χ2v) is 1.88. The largest absolute Gasteiger partial charge is 0.308 e. The summed E-state index contributed by atoms with van der Waals surface area (Å²) < 4.78 is 0. The minimum Gasteiger partial charge on any atom is -0.308 e. The van der Waals surface area contributed by atoms with Gasteiger partial charge in [0.05, 0.1) is 11.6 Å². The summed E-state index contributed by atoms with van der Waals surface area (Å²) in [6.07, 6.45) is 1.25. The van der Waals surface area contributed by atoms with E-state index in [0.29, 0.717) is 5.56 Å². The normalized spacial score (nSPS) is 8.30. The molecule has 0 spiro atoms. The van der Waals surface area contributed by atoms with E-state index < -0.39 is 0 Å². The van der Waals surface area contributed by atoms with Gasteiger partial charge in [-0.15, -0.1) is 0 Å². The second-order valence-electron chi connectivity index (χ2n) is 1.88. The monoisotopic (exact) mass is 130 g/mol. The lowest BCUT2D eigenvalue weighted by atomic mass is 10.2. The Morgan fingerprint density at radius 2 is 1.90 bits per heavy atom. The molecule has 10 heavy (non-hydrogen) atoms. The molecule has 0 unspecified atom stereocenters. The van der Waals surface area contributed by atoms with Crippen molar-refractivity contribution in [3.05, 3.63) is 35.4 Å². The van der Waals surface area contributed by atoms with Crippen molar-refractivity contribution in [3.63, 3.8) is 0 Å². The lowest BCUT2D eigenvalue weighted by Crippen LogP contribution is -1.78. The van der Waals surface area contributed by atoms with Gasteiger partial charge in [0, 0.05) is 6.21 Å². The lowest BCUT2D eigenvalue weighted by molar-refractivity contribution is 1.47. The molecule has 0 saturated carbocycles. The first kappa shape index (κ1) is 6.50. The van der Waals surface area contributed by atoms with Gasteiger partial charge in [-0.1, -0.05) is 12.1 Å². The highest BCUT2D eigenvalue weighted by Crippen LogP contribution is 1.99. The maximum absolute atomic E-state index is 8.39. The predicted molar refractivity (Wildman–Crippen MR) is 39.0 cm³/mol. The van der Waals surface area contributed by atoms with Crippen LogP contribution in [-0.4, -0.2) is 6.21 Å². The quantitative estimate of drug-likeness (QED) is 0.576. The molecule has 0 fully saturated rings. The molecule has 1 rings (SSSR count). The number of rotatable bonds is 1. The van der Waals surface area contributed by atoms with Crippen molar-refractivity contribution in [1.82, 2.24) is 0 Å². The smallest absolute Gasteiger partial charge is 0.0991 e. The zero-order valence-electron chi connectivity index (χ0n) is 5.33. The average molecular weight is 130 g/mol. The van der Waals surface area contributed by atoms with E-state index in [1.54, 1.807) is 24.3 Å². The molecule has 1 aromatic rings. The Labute approximate surface area is 59.2 Å². The van der Waals surface area contributed by atoms with Gasteiger partial charge in [0.25, 0.3) is 0 Å². The molecule has 0 radical (unpaired) electrons.